The summed E-state index contributed by atoms with van der Waals surface area (Å²) >= 11 is 11.6. The molecule has 0 saturated heterocycles. The lowest BCUT2D eigenvalue weighted by Gasteiger charge is -2.15. The summed E-state index contributed by atoms with van der Waals surface area (Å²) in [4.78, 5) is 4.87. The maximum absolute atomic E-state index is 5.94. The summed E-state index contributed by atoms with van der Waals surface area (Å²) in [6.45, 7) is 0. The standard InChI is InChI=1S/C7H3Cl2NO/c8-6-5-3-1-2-4-7(5,9)11-10-6/h1,3-4H. The number of fused-ring (bicyclic) bond motifs is 1. The van der Waals surface area contributed by atoms with E-state index in [4.69, 9.17) is 28.0 Å². The minimum atomic E-state index is -1.01. The number of nitrogens with zero attached hydrogens (tertiary/aromatic N) is 1. The Bertz CT molecular complexity index is 325. The number of allylic oxidation sites excluding steroid dienone is 1. The lowest BCUT2D eigenvalue weighted by atomic mass is 10.1. The van der Waals surface area contributed by atoms with Gasteiger partial charge in [0.25, 0.3) is 5.06 Å². The summed E-state index contributed by atoms with van der Waals surface area (Å²) in [5.74, 6) is 0. The van der Waals surface area contributed by atoms with Gasteiger partial charge in [-0.2, -0.15) is 0 Å². The van der Waals surface area contributed by atoms with Crippen LogP contribution in [0.4, 0.5) is 0 Å². The number of alkyl halides is 1. The zero-order chi connectivity index (χ0) is 7.90. The van der Waals surface area contributed by atoms with Crippen LogP contribution in [0.25, 0.3) is 0 Å². The van der Waals surface area contributed by atoms with E-state index < -0.39 is 5.06 Å². The SMILES string of the molecule is ClC1=NOC2(Cl)C=C=CC=C12. The maximum atomic E-state index is 5.94. The van der Waals surface area contributed by atoms with Crippen molar-refractivity contribution in [1.82, 2.24) is 0 Å². The Labute approximate surface area is 73.4 Å². The summed E-state index contributed by atoms with van der Waals surface area (Å²) < 4.78 is 0. The van der Waals surface area contributed by atoms with Gasteiger partial charge in [-0.1, -0.05) is 28.4 Å². The van der Waals surface area contributed by atoms with Gasteiger partial charge >= 0.3 is 0 Å². The molecule has 56 valence electrons. The van der Waals surface area contributed by atoms with Gasteiger partial charge in [0.15, 0.2) is 5.17 Å². The Morgan fingerprint density at radius 3 is 3.18 bits per heavy atom. The predicted molar refractivity (Wildman–Crippen MR) is 43.7 cm³/mol. The van der Waals surface area contributed by atoms with Gasteiger partial charge in [0.2, 0.25) is 0 Å². The molecule has 0 bridgehead atoms. The highest BCUT2D eigenvalue weighted by Crippen LogP contribution is 2.37. The first-order chi connectivity index (χ1) is 5.22. The molecule has 2 aliphatic rings. The molecule has 1 unspecified atom stereocenters. The molecule has 1 atom stereocenters. The fraction of sp³-hybridized carbons (Fsp3) is 0.143. The second-order valence-electron chi connectivity index (χ2n) is 2.18. The van der Waals surface area contributed by atoms with E-state index in [0.717, 1.165) is 0 Å². The van der Waals surface area contributed by atoms with E-state index in [1.54, 1.807) is 18.2 Å². The van der Waals surface area contributed by atoms with Crippen molar-refractivity contribution < 1.29 is 4.84 Å². The molecule has 0 radical (unpaired) electrons. The van der Waals surface area contributed by atoms with Gasteiger partial charge < -0.3 is 4.84 Å². The summed E-state index contributed by atoms with van der Waals surface area (Å²) in [5.41, 5.74) is 3.47. The number of halogens is 2. The van der Waals surface area contributed by atoms with E-state index in [-0.39, 0.29) is 0 Å². The molecule has 0 fully saturated rings. The molecule has 1 aliphatic carbocycles. The van der Waals surface area contributed by atoms with Gasteiger partial charge in [-0.05, 0) is 12.2 Å². The van der Waals surface area contributed by atoms with E-state index in [1.165, 1.54) is 0 Å². The molecule has 0 aromatic heterocycles. The molecule has 1 aliphatic heterocycles. The summed E-state index contributed by atoms with van der Waals surface area (Å²) in [6.07, 6.45) is 5.01. The van der Waals surface area contributed by atoms with Crippen molar-refractivity contribution in [2.45, 2.75) is 5.06 Å². The third kappa shape index (κ3) is 0.916. The molecular weight excluding hydrogens is 185 g/mol. The van der Waals surface area contributed by atoms with E-state index in [1.807, 2.05) is 0 Å². The topological polar surface area (TPSA) is 21.6 Å². The zero-order valence-corrected chi connectivity index (χ0v) is 6.86. The van der Waals surface area contributed by atoms with E-state index in [9.17, 15) is 0 Å². The normalized spacial score (nSPS) is 32.5. The number of rotatable bonds is 0. The van der Waals surface area contributed by atoms with Crippen LogP contribution in [-0.4, -0.2) is 10.2 Å². The number of hydrogen-bond acceptors (Lipinski definition) is 2. The van der Waals surface area contributed by atoms with E-state index in [2.05, 4.69) is 10.9 Å². The van der Waals surface area contributed by atoms with Crippen LogP contribution in [0.15, 0.2) is 34.7 Å². The minimum absolute atomic E-state index is 0.300. The van der Waals surface area contributed by atoms with Crippen molar-refractivity contribution >= 4 is 28.4 Å². The third-order valence-corrected chi connectivity index (χ3v) is 2.12. The largest absolute Gasteiger partial charge is 0.361 e. The molecule has 4 heteroatoms. The average Bonchev–Trinajstić information content (AvgIpc) is 2.29. The Morgan fingerprint density at radius 2 is 2.45 bits per heavy atom. The van der Waals surface area contributed by atoms with Crippen LogP contribution in [0, 0.1) is 0 Å². The molecule has 0 spiro atoms. The summed E-state index contributed by atoms with van der Waals surface area (Å²) in [7, 11) is 0. The quantitative estimate of drug-likeness (QED) is 0.421. The van der Waals surface area contributed by atoms with E-state index >= 15 is 0 Å². The number of oxime groups is 1. The van der Waals surface area contributed by atoms with Crippen LogP contribution in [0.1, 0.15) is 0 Å². The van der Waals surface area contributed by atoms with Gasteiger partial charge in [0.1, 0.15) is 0 Å². The highest BCUT2D eigenvalue weighted by atomic mass is 35.5. The first-order valence-corrected chi connectivity index (χ1v) is 3.73. The van der Waals surface area contributed by atoms with Crippen LogP contribution in [0.2, 0.25) is 0 Å². The number of hydrogen-bond donors (Lipinski definition) is 0. The Hall–Kier alpha value is -0.690. The average molecular weight is 188 g/mol. The van der Waals surface area contributed by atoms with Crippen molar-refractivity contribution in [1.29, 1.82) is 0 Å². The Morgan fingerprint density at radius 1 is 1.64 bits per heavy atom. The highest BCUT2D eigenvalue weighted by molar-refractivity contribution is 6.71. The minimum Gasteiger partial charge on any atom is -0.361 e. The molecule has 2 nitrogen and oxygen atoms in total. The van der Waals surface area contributed by atoms with Crippen LogP contribution in [-0.2, 0) is 4.84 Å². The fourth-order valence-electron chi connectivity index (χ4n) is 0.919. The van der Waals surface area contributed by atoms with Crippen molar-refractivity contribution in [2.24, 2.45) is 5.16 Å². The van der Waals surface area contributed by atoms with Crippen LogP contribution in [0.5, 0.6) is 0 Å². The third-order valence-electron chi connectivity index (χ3n) is 1.46. The van der Waals surface area contributed by atoms with Crippen molar-refractivity contribution in [3.8, 4) is 0 Å². The van der Waals surface area contributed by atoms with Crippen LogP contribution >= 0.6 is 23.2 Å². The van der Waals surface area contributed by atoms with Crippen LogP contribution in [0.3, 0.4) is 0 Å². The first kappa shape index (κ1) is 6.99. The summed E-state index contributed by atoms with van der Waals surface area (Å²) in [5, 5.41) is 2.83. The van der Waals surface area contributed by atoms with Gasteiger partial charge in [0, 0.05) is 6.08 Å². The smallest absolute Gasteiger partial charge is 0.264 e. The molecule has 0 amide bonds. The molecule has 11 heavy (non-hydrogen) atoms. The second kappa shape index (κ2) is 2.15. The lowest BCUT2D eigenvalue weighted by Crippen LogP contribution is -2.21. The molecule has 0 aromatic carbocycles. The van der Waals surface area contributed by atoms with Crippen molar-refractivity contribution in [3.05, 3.63) is 29.5 Å². The maximum Gasteiger partial charge on any atom is 0.264 e. The van der Waals surface area contributed by atoms with Crippen molar-refractivity contribution in [2.75, 3.05) is 0 Å². The molecule has 0 aromatic rings. The van der Waals surface area contributed by atoms with Gasteiger partial charge in [-0.3, -0.25) is 0 Å². The molecule has 0 saturated carbocycles. The Balaban J connectivity index is 2.53. The molecule has 1 heterocycles. The molecular formula is C7H3Cl2NO. The predicted octanol–water partition coefficient (Wildman–Crippen LogP) is 2.16. The fourth-order valence-corrected chi connectivity index (χ4v) is 1.45. The molecule has 2 rings (SSSR count). The van der Waals surface area contributed by atoms with Crippen LogP contribution < -0.4 is 0 Å². The van der Waals surface area contributed by atoms with Crippen molar-refractivity contribution in [3.63, 3.8) is 0 Å². The highest BCUT2D eigenvalue weighted by Gasteiger charge is 2.40. The zero-order valence-electron chi connectivity index (χ0n) is 5.34. The first-order valence-electron chi connectivity index (χ1n) is 2.98. The van der Waals surface area contributed by atoms with Gasteiger partial charge in [-0.15, -0.1) is 5.73 Å². The van der Waals surface area contributed by atoms with E-state index in [0.29, 0.717) is 10.7 Å². The van der Waals surface area contributed by atoms with Gasteiger partial charge in [0.05, 0.1) is 5.57 Å². The lowest BCUT2D eigenvalue weighted by molar-refractivity contribution is 0.106. The molecule has 0 N–H and O–H groups in total. The Kier molecular flexibility index (Phi) is 1.36. The monoisotopic (exact) mass is 187 g/mol. The van der Waals surface area contributed by atoms with Gasteiger partial charge in [-0.25, -0.2) is 0 Å². The second-order valence-corrected chi connectivity index (χ2v) is 3.10. The summed E-state index contributed by atoms with van der Waals surface area (Å²) in [6, 6.07) is 0.